The smallest absolute Gasteiger partial charge is 0.335 e. The number of anilines is 1. The number of nitrogens with zero attached hydrogens (tertiary/aromatic N) is 1. The van der Waals surface area contributed by atoms with Gasteiger partial charge in [-0.25, -0.2) is 0 Å². The monoisotopic (exact) mass is 440 g/mol. The van der Waals surface area contributed by atoms with Gasteiger partial charge >= 0.3 is 7.60 Å². The van der Waals surface area contributed by atoms with E-state index in [2.05, 4.69) is 10.5 Å². The molecule has 0 aliphatic carbocycles. The zero-order valence-corrected chi connectivity index (χ0v) is 18.4. The molecule has 0 fully saturated rings. The van der Waals surface area contributed by atoms with Crippen molar-refractivity contribution < 1.29 is 22.9 Å². The number of aromatic nitrogens is 1. The fraction of sp³-hybridized carbons (Fsp3) is 0.217. The second-order valence-electron chi connectivity index (χ2n) is 6.60. The number of rotatable bonds is 10. The Morgan fingerprint density at radius 2 is 1.74 bits per heavy atom. The molecule has 0 spiro atoms. The first kappa shape index (κ1) is 22.7. The van der Waals surface area contributed by atoms with Crippen LogP contribution in [0.25, 0.3) is 17.4 Å². The summed E-state index contributed by atoms with van der Waals surface area (Å²) in [6.45, 7) is 4.19. The molecule has 2 aromatic carbocycles. The van der Waals surface area contributed by atoms with E-state index >= 15 is 0 Å². The first-order chi connectivity index (χ1) is 15.0. The molecule has 0 radical (unpaired) electrons. The highest BCUT2D eigenvalue weighted by Gasteiger charge is 2.23. The third kappa shape index (κ3) is 6.49. The van der Waals surface area contributed by atoms with E-state index in [1.165, 1.54) is 6.08 Å². The molecule has 162 valence electrons. The Balaban J connectivity index is 1.62. The quantitative estimate of drug-likeness (QED) is 0.318. The van der Waals surface area contributed by atoms with E-state index in [1.807, 2.05) is 30.3 Å². The van der Waals surface area contributed by atoms with Crippen LogP contribution in [0.3, 0.4) is 0 Å². The fourth-order valence-electron chi connectivity index (χ4n) is 2.96. The lowest BCUT2D eigenvalue weighted by molar-refractivity contribution is -0.111. The van der Waals surface area contributed by atoms with Gasteiger partial charge in [0.2, 0.25) is 5.91 Å². The highest BCUT2D eigenvalue weighted by molar-refractivity contribution is 7.53. The first-order valence-corrected chi connectivity index (χ1v) is 11.7. The predicted octanol–water partition coefficient (Wildman–Crippen LogP) is 5.76. The van der Waals surface area contributed by atoms with Gasteiger partial charge in [-0.3, -0.25) is 9.36 Å². The van der Waals surface area contributed by atoms with Crippen LogP contribution in [0.4, 0.5) is 5.69 Å². The summed E-state index contributed by atoms with van der Waals surface area (Å²) >= 11 is 0. The minimum Gasteiger partial charge on any atom is -0.356 e. The van der Waals surface area contributed by atoms with Gasteiger partial charge in [-0.15, -0.1) is 0 Å². The number of carbonyl (C=O) groups excluding carboxylic acids is 1. The van der Waals surface area contributed by atoms with Crippen LogP contribution < -0.4 is 5.32 Å². The van der Waals surface area contributed by atoms with E-state index in [0.717, 1.165) is 11.1 Å². The molecule has 31 heavy (non-hydrogen) atoms. The van der Waals surface area contributed by atoms with E-state index in [1.54, 1.807) is 50.4 Å². The summed E-state index contributed by atoms with van der Waals surface area (Å²) < 4.78 is 28.6. The summed E-state index contributed by atoms with van der Waals surface area (Å²) in [5.74, 6) is 0.310. The number of nitrogens with one attached hydrogen (secondary N) is 1. The molecule has 1 heterocycles. The second-order valence-corrected chi connectivity index (χ2v) is 8.65. The fourth-order valence-corrected chi connectivity index (χ4v) is 4.67. The van der Waals surface area contributed by atoms with Gasteiger partial charge < -0.3 is 18.9 Å². The molecule has 0 atom stereocenters. The highest BCUT2D eigenvalue weighted by Crippen LogP contribution is 2.51. The summed E-state index contributed by atoms with van der Waals surface area (Å²) in [4.78, 5) is 12.3. The molecule has 7 nitrogen and oxygen atoms in total. The van der Waals surface area contributed by atoms with Crippen molar-refractivity contribution >= 4 is 25.3 Å². The lowest BCUT2D eigenvalue weighted by atomic mass is 10.1. The lowest BCUT2D eigenvalue weighted by Crippen LogP contribution is -2.07. The number of amides is 1. The predicted molar refractivity (Wildman–Crippen MR) is 121 cm³/mol. The normalized spacial score (nSPS) is 11.7. The average Bonchev–Trinajstić information content (AvgIpc) is 3.23. The Hall–Kier alpha value is -2.99. The molecule has 1 aromatic heterocycles. The van der Waals surface area contributed by atoms with Crippen molar-refractivity contribution in [3.8, 4) is 11.3 Å². The third-order valence-electron chi connectivity index (χ3n) is 4.30. The molecular formula is C23H25N2O5P. The van der Waals surface area contributed by atoms with Crippen molar-refractivity contribution in [3.63, 3.8) is 0 Å². The minimum atomic E-state index is -3.17. The van der Waals surface area contributed by atoms with Gasteiger partial charge in [0.1, 0.15) is 0 Å². The molecule has 0 unspecified atom stereocenters. The zero-order chi connectivity index (χ0) is 22.1. The van der Waals surface area contributed by atoms with E-state index < -0.39 is 7.60 Å². The SMILES string of the molecule is CCOP(=O)(Cc1ccc(NC(=O)/C=C/c2cnoc2-c2ccccc2)cc1)OCC. The second kappa shape index (κ2) is 10.9. The van der Waals surface area contributed by atoms with Gasteiger partial charge in [-0.2, -0.15) is 0 Å². The van der Waals surface area contributed by atoms with Gasteiger partial charge in [0.05, 0.1) is 25.6 Å². The maximum Gasteiger partial charge on any atom is 0.335 e. The van der Waals surface area contributed by atoms with Crippen molar-refractivity contribution in [3.05, 3.63) is 78.0 Å². The average molecular weight is 440 g/mol. The molecule has 0 bridgehead atoms. The van der Waals surface area contributed by atoms with Crippen LogP contribution in [0, 0.1) is 0 Å². The maximum atomic E-state index is 12.6. The molecule has 3 aromatic rings. The molecule has 1 amide bonds. The Morgan fingerprint density at radius 3 is 2.39 bits per heavy atom. The van der Waals surface area contributed by atoms with Gasteiger partial charge in [-0.05, 0) is 37.6 Å². The molecule has 0 aliphatic heterocycles. The minimum absolute atomic E-state index is 0.179. The van der Waals surface area contributed by atoms with Crippen LogP contribution in [0.15, 0.2) is 71.4 Å². The summed E-state index contributed by atoms with van der Waals surface area (Å²) in [6.07, 6.45) is 4.82. The Labute approximate surface area is 181 Å². The van der Waals surface area contributed by atoms with E-state index in [0.29, 0.717) is 30.2 Å². The van der Waals surface area contributed by atoms with Crippen molar-refractivity contribution in [1.29, 1.82) is 0 Å². The Kier molecular flexibility index (Phi) is 7.95. The Morgan fingerprint density at radius 1 is 1.06 bits per heavy atom. The summed E-state index contributed by atoms with van der Waals surface area (Å²) in [5, 5.41) is 6.62. The van der Waals surface area contributed by atoms with Gasteiger partial charge in [0, 0.05) is 22.9 Å². The molecular weight excluding hydrogens is 415 g/mol. The maximum absolute atomic E-state index is 12.6. The largest absolute Gasteiger partial charge is 0.356 e. The van der Waals surface area contributed by atoms with Crippen molar-refractivity contribution in [2.45, 2.75) is 20.0 Å². The molecule has 0 saturated heterocycles. The summed E-state index contributed by atoms with van der Waals surface area (Å²) in [5.41, 5.74) is 3.01. The summed E-state index contributed by atoms with van der Waals surface area (Å²) in [6, 6.07) is 16.6. The van der Waals surface area contributed by atoms with E-state index in [9.17, 15) is 9.36 Å². The number of carbonyl (C=O) groups is 1. The Bertz CT molecular complexity index is 1050. The van der Waals surface area contributed by atoms with Crippen molar-refractivity contribution in [2.24, 2.45) is 0 Å². The molecule has 0 aliphatic rings. The number of hydrogen-bond acceptors (Lipinski definition) is 6. The van der Waals surface area contributed by atoms with Crippen molar-refractivity contribution in [1.82, 2.24) is 5.16 Å². The van der Waals surface area contributed by atoms with Gasteiger partial charge in [0.25, 0.3) is 0 Å². The number of benzene rings is 2. The van der Waals surface area contributed by atoms with Crippen LogP contribution in [0.2, 0.25) is 0 Å². The van der Waals surface area contributed by atoms with Crippen LogP contribution in [-0.2, 0) is 24.6 Å². The summed E-state index contributed by atoms with van der Waals surface area (Å²) in [7, 11) is -3.17. The molecule has 3 rings (SSSR count). The van der Waals surface area contributed by atoms with E-state index in [-0.39, 0.29) is 12.1 Å². The number of hydrogen-bond donors (Lipinski definition) is 1. The zero-order valence-electron chi connectivity index (χ0n) is 17.5. The molecule has 8 heteroatoms. The lowest BCUT2D eigenvalue weighted by Gasteiger charge is -2.17. The van der Waals surface area contributed by atoms with Gasteiger partial charge in [0.15, 0.2) is 5.76 Å². The van der Waals surface area contributed by atoms with E-state index in [4.69, 9.17) is 13.6 Å². The van der Waals surface area contributed by atoms with Gasteiger partial charge in [-0.1, -0.05) is 47.6 Å². The standard InChI is InChI=1S/C23H25N2O5P/c1-3-28-31(27,29-4-2)17-18-10-13-21(14-11-18)25-22(26)15-12-20-16-24-30-23(20)19-8-6-5-7-9-19/h5-16H,3-4,17H2,1-2H3,(H,25,26)/b15-12+. The van der Waals surface area contributed by atoms with Crippen LogP contribution in [0.1, 0.15) is 25.0 Å². The van der Waals surface area contributed by atoms with Crippen LogP contribution >= 0.6 is 7.60 Å². The van der Waals surface area contributed by atoms with Crippen LogP contribution in [0.5, 0.6) is 0 Å². The highest BCUT2D eigenvalue weighted by atomic mass is 31.2. The topological polar surface area (TPSA) is 90.7 Å². The van der Waals surface area contributed by atoms with Crippen LogP contribution in [-0.4, -0.2) is 24.3 Å². The third-order valence-corrected chi connectivity index (χ3v) is 6.35. The van der Waals surface area contributed by atoms with Crippen molar-refractivity contribution in [2.75, 3.05) is 18.5 Å². The first-order valence-electron chi connectivity index (χ1n) is 9.99. The molecule has 1 N–H and O–H groups in total. The molecule has 0 saturated carbocycles.